The monoisotopic (exact) mass is 335 g/mol. The average Bonchev–Trinajstić information content (AvgIpc) is 2.55. The molecule has 2 aromatic rings. The quantitative estimate of drug-likeness (QED) is 0.844. The van der Waals surface area contributed by atoms with Crippen molar-refractivity contribution in [3.63, 3.8) is 0 Å². The molecule has 3 rings (SSSR count). The molecule has 1 fully saturated rings. The molecule has 1 amide bonds. The first kappa shape index (κ1) is 15.1. The summed E-state index contributed by atoms with van der Waals surface area (Å²) in [6.45, 7) is 2.68. The molecule has 1 aliphatic rings. The Morgan fingerprint density at radius 2 is 1.68 bits per heavy atom. The maximum absolute atomic E-state index is 12.4. The molecule has 0 spiro atoms. The maximum Gasteiger partial charge on any atom is 0.255 e. The smallest absolute Gasteiger partial charge is 0.255 e. The molecule has 1 aliphatic heterocycles. The summed E-state index contributed by atoms with van der Waals surface area (Å²) >= 11 is 12.5. The zero-order valence-corrected chi connectivity index (χ0v) is 13.4. The first-order valence-corrected chi connectivity index (χ1v) is 7.80. The third-order valence-corrected chi connectivity index (χ3v) is 4.34. The number of amides is 1. The zero-order chi connectivity index (χ0) is 15.5. The summed E-state index contributed by atoms with van der Waals surface area (Å²) < 4.78 is 0. The molecule has 114 valence electrons. The average molecular weight is 336 g/mol. The molecular formula is C16H15Cl2N3O. The first-order chi connectivity index (χ1) is 10.7. The number of para-hydroxylation sites is 1. The van der Waals surface area contributed by atoms with Gasteiger partial charge in [0.1, 0.15) is 0 Å². The van der Waals surface area contributed by atoms with Crippen LogP contribution in [0.15, 0.2) is 42.7 Å². The van der Waals surface area contributed by atoms with Crippen LogP contribution in [0.5, 0.6) is 0 Å². The third kappa shape index (κ3) is 3.03. The summed E-state index contributed by atoms with van der Waals surface area (Å²) in [4.78, 5) is 20.3. The molecule has 2 heterocycles. The van der Waals surface area contributed by atoms with Crippen molar-refractivity contribution < 1.29 is 4.79 Å². The fourth-order valence-corrected chi connectivity index (χ4v) is 3.23. The highest BCUT2D eigenvalue weighted by Crippen LogP contribution is 2.34. The van der Waals surface area contributed by atoms with Crippen molar-refractivity contribution in [2.24, 2.45) is 0 Å². The second-order valence-electron chi connectivity index (χ2n) is 5.09. The van der Waals surface area contributed by atoms with Crippen molar-refractivity contribution in [2.75, 3.05) is 31.1 Å². The van der Waals surface area contributed by atoms with Gasteiger partial charge in [-0.1, -0.05) is 29.3 Å². The molecule has 1 aromatic heterocycles. The molecule has 22 heavy (non-hydrogen) atoms. The number of piperazine rings is 1. The van der Waals surface area contributed by atoms with Crippen molar-refractivity contribution in [3.8, 4) is 0 Å². The SMILES string of the molecule is O=C(c1cccnc1)N1CCN(c2c(Cl)cccc2Cl)CC1. The van der Waals surface area contributed by atoms with E-state index in [4.69, 9.17) is 23.2 Å². The van der Waals surface area contributed by atoms with E-state index in [-0.39, 0.29) is 5.91 Å². The van der Waals surface area contributed by atoms with E-state index in [0.717, 1.165) is 5.69 Å². The highest BCUT2D eigenvalue weighted by atomic mass is 35.5. The van der Waals surface area contributed by atoms with Gasteiger partial charge in [-0.3, -0.25) is 9.78 Å². The number of carbonyl (C=O) groups excluding carboxylic acids is 1. The first-order valence-electron chi connectivity index (χ1n) is 7.05. The fraction of sp³-hybridized carbons (Fsp3) is 0.250. The minimum absolute atomic E-state index is 0.0120. The van der Waals surface area contributed by atoms with Gasteiger partial charge in [0.05, 0.1) is 21.3 Å². The van der Waals surface area contributed by atoms with E-state index in [2.05, 4.69) is 9.88 Å². The minimum Gasteiger partial charge on any atom is -0.366 e. The Balaban J connectivity index is 1.69. The number of hydrogen-bond acceptors (Lipinski definition) is 3. The molecule has 0 atom stereocenters. The van der Waals surface area contributed by atoms with Gasteiger partial charge in [-0.2, -0.15) is 0 Å². The van der Waals surface area contributed by atoms with Gasteiger partial charge in [-0.15, -0.1) is 0 Å². The summed E-state index contributed by atoms with van der Waals surface area (Å²) in [5.74, 6) is 0.0120. The second kappa shape index (κ2) is 6.55. The lowest BCUT2D eigenvalue weighted by Gasteiger charge is -2.36. The van der Waals surface area contributed by atoms with Crippen LogP contribution in [0, 0.1) is 0 Å². The molecule has 0 radical (unpaired) electrons. The third-order valence-electron chi connectivity index (χ3n) is 3.73. The number of halogens is 2. The number of benzene rings is 1. The van der Waals surface area contributed by atoms with Gasteiger partial charge < -0.3 is 9.80 Å². The molecule has 6 heteroatoms. The fourth-order valence-electron chi connectivity index (χ4n) is 2.60. The van der Waals surface area contributed by atoms with Gasteiger partial charge >= 0.3 is 0 Å². The Morgan fingerprint density at radius 3 is 2.27 bits per heavy atom. The summed E-state index contributed by atoms with van der Waals surface area (Å²) in [7, 11) is 0. The summed E-state index contributed by atoms with van der Waals surface area (Å²) in [5.41, 5.74) is 1.46. The van der Waals surface area contributed by atoms with Crippen molar-refractivity contribution in [3.05, 3.63) is 58.3 Å². The number of pyridine rings is 1. The largest absolute Gasteiger partial charge is 0.366 e. The van der Waals surface area contributed by atoms with Gasteiger partial charge in [0, 0.05) is 38.6 Å². The van der Waals surface area contributed by atoms with Gasteiger partial charge in [0.25, 0.3) is 5.91 Å². The second-order valence-corrected chi connectivity index (χ2v) is 5.91. The standard InChI is InChI=1S/C16H15Cl2N3O/c17-13-4-1-5-14(18)15(13)20-7-9-21(10-8-20)16(22)12-3-2-6-19-11-12/h1-6,11H,7-10H2. The van der Waals surface area contributed by atoms with Crippen LogP contribution in [0.2, 0.25) is 10.0 Å². The van der Waals surface area contributed by atoms with Crippen LogP contribution in [0.25, 0.3) is 0 Å². The van der Waals surface area contributed by atoms with Crippen LogP contribution in [-0.2, 0) is 0 Å². The Bertz CT molecular complexity index is 650. The van der Waals surface area contributed by atoms with Crippen molar-refractivity contribution in [1.82, 2.24) is 9.88 Å². The minimum atomic E-state index is 0.0120. The van der Waals surface area contributed by atoms with Crippen LogP contribution < -0.4 is 4.90 Å². The molecule has 0 bridgehead atoms. The Kier molecular flexibility index (Phi) is 4.50. The molecule has 0 unspecified atom stereocenters. The number of hydrogen-bond donors (Lipinski definition) is 0. The van der Waals surface area contributed by atoms with Gasteiger partial charge in [0.15, 0.2) is 0 Å². The highest BCUT2D eigenvalue weighted by Gasteiger charge is 2.24. The topological polar surface area (TPSA) is 36.4 Å². The summed E-state index contributed by atoms with van der Waals surface area (Å²) in [6, 6.07) is 9.04. The zero-order valence-electron chi connectivity index (χ0n) is 11.9. The molecule has 0 N–H and O–H groups in total. The number of aromatic nitrogens is 1. The lowest BCUT2D eigenvalue weighted by atomic mass is 10.2. The van der Waals surface area contributed by atoms with E-state index in [1.807, 2.05) is 23.1 Å². The van der Waals surface area contributed by atoms with Crippen LogP contribution in [0.3, 0.4) is 0 Å². The Labute approximate surface area is 139 Å². The predicted octanol–water partition coefficient (Wildman–Crippen LogP) is 3.35. The van der Waals surface area contributed by atoms with Crippen LogP contribution in [-0.4, -0.2) is 42.0 Å². The molecule has 0 saturated carbocycles. The number of carbonyl (C=O) groups is 1. The molecule has 0 aliphatic carbocycles. The van der Waals surface area contributed by atoms with E-state index in [1.54, 1.807) is 24.5 Å². The molecule has 1 aromatic carbocycles. The van der Waals surface area contributed by atoms with Crippen molar-refractivity contribution in [2.45, 2.75) is 0 Å². The van der Waals surface area contributed by atoms with Crippen LogP contribution in [0.4, 0.5) is 5.69 Å². The van der Waals surface area contributed by atoms with Gasteiger partial charge in [0.2, 0.25) is 0 Å². The van der Waals surface area contributed by atoms with E-state index in [1.165, 1.54) is 0 Å². The van der Waals surface area contributed by atoms with Gasteiger partial charge in [-0.25, -0.2) is 0 Å². The lowest BCUT2D eigenvalue weighted by Crippen LogP contribution is -2.49. The number of anilines is 1. The van der Waals surface area contributed by atoms with E-state index >= 15 is 0 Å². The highest BCUT2D eigenvalue weighted by molar-refractivity contribution is 6.39. The van der Waals surface area contributed by atoms with Crippen LogP contribution in [0.1, 0.15) is 10.4 Å². The Morgan fingerprint density at radius 1 is 1.00 bits per heavy atom. The summed E-state index contributed by atoms with van der Waals surface area (Å²) in [5, 5.41) is 1.28. The lowest BCUT2D eigenvalue weighted by molar-refractivity contribution is 0.0746. The van der Waals surface area contributed by atoms with Crippen LogP contribution >= 0.6 is 23.2 Å². The van der Waals surface area contributed by atoms with Crippen molar-refractivity contribution >= 4 is 34.8 Å². The summed E-state index contributed by atoms with van der Waals surface area (Å²) in [6.07, 6.45) is 3.26. The molecule has 4 nitrogen and oxygen atoms in total. The van der Waals surface area contributed by atoms with Gasteiger partial charge in [-0.05, 0) is 24.3 Å². The Hall–Kier alpha value is -1.78. The maximum atomic E-state index is 12.4. The van der Waals surface area contributed by atoms with E-state index in [9.17, 15) is 4.79 Å². The molecular weight excluding hydrogens is 321 g/mol. The van der Waals surface area contributed by atoms with E-state index in [0.29, 0.717) is 41.8 Å². The number of rotatable bonds is 2. The van der Waals surface area contributed by atoms with E-state index < -0.39 is 0 Å². The van der Waals surface area contributed by atoms with Crippen molar-refractivity contribution in [1.29, 1.82) is 0 Å². The normalized spacial score (nSPS) is 15.0. The predicted molar refractivity (Wildman–Crippen MR) is 88.8 cm³/mol. The number of nitrogens with zero attached hydrogens (tertiary/aromatic N) is 3. The molecule has 1 saturated heterocycles.